The number of likely N-dealkylation sites (N-methyl/N-ethyl adjacent to an activating group) is 1. The highest BCUT2D eigenvalue weighted by Gasteiger charge is 2.86. The number of aliphatic hydroxyl groups is 1. The van der Waals surface area contributed by atoms with Crippen molar-refractivity contribution in [2.45, 2.75) is 190 Å². The number of hydrogen-bond donors (Lipinski definition) is 9. The summed E-state index contributed by atoms with van der Waals surface area (Å²) < 4.78 is 14.1. The number of aliphatic hydroxyl groups excluding tert-OH is 1. The fraction of sp³-hybridized carbons (Fsp3) is 0.636. The molecule has 6 aliphatic heterocycles. The second-order valence-electron chi connectivity index (χ2n) is 26.4. The first-order valence-corrected chi connectivity index (χ1v) is 31.3. The van der Waals surface area contributed by atoms with Crippen molar-refractivity contribution in [2.75, 3.05) is 40.3 Å². The predicted molar refractivity (Wildman–Crippen MR) is 317 cm³/mol. The van der Waals surface area contributed by atoms with Gasteiger partial charge in [-0.1, -0.05) is 99.8 Å². The van der Waals surface area contributed by atoms with Gasteiger partial charge in [-0.05, 0) is 174 Å². The van der Waals surface area contributed by atoms with Gasteiger partial charge in [-0.25, -0.2) is 4.79 Å². The SMILES string of the molecule is CCN[C@@]12C=C3C=CC[C@@H]4CCCC[C@](C)(CC5=CNC(N)C=C5)Cc5cccc6c5C(=O)[C@]5(O[C@@]5(C/C=C(\C)C5([C@@]7(C8=CCNC9=C8CC[C@H](NC)N9)CCCNC(=NC)N7)CCCC5)C6=O)C(=O)O[C@H]([C@H](CCO)CC1)[C@H]2C[C@@H]34. The van der Waals surface area contributed by atoms with E-state index in [0.29, 0.717) is 30.9 Å². The van der Waals surface area contributed by atoms with Crippen molar-refractivity contribution in [3.05, 3.63) is 117 Å². The van der Waals surface area contributed by atoms with Crippen molar-refractivity contribution in [1.82, 2.24) is 37.2 Å². The van der Waals surface area contributed by atoms with E-state index in [1.165, 1.54) is 16.7 Å². The number of hydrogen-bond acceptors (Lipinski definition) is 13. The van der Waals surface area contributed by atoms with Crippen molar-refractivity contribution in [3.8, 4) is 0 Å². The highest BCUT2D eigenvalue weighted by Crippen LogP contribution is 2.63. The molecule has 4 bridgehead atoms. The number of allylic oxidation sites excluding steroid dienone is 5. The van der Waals surface area contributed by atoms with Gasteiger partial charge < -0.3 is 57.5 Å². The van der Waals surface area contributed by atoms with Gasteiger partial charge >= 0.3 is 5.97 Å². The molecular formula is C66H91N9O6. The molecule has 12 rings (SSSR count). The number of guanidine groups is 1. The van der Waals surface area contributed by atoms with E-state index in [1.807, 2.05) is 38.5 Å². The van der Waals surface area contributed by atoms with E-state index in [2.05, 4.69) is 94.4 Å². The van der Waals surface area contributed by atoms with E-state index in [4.69, 9.17) is 20.2 Å². The van der Waals surface area contributed by atoms with Crippen molar-refractivity contribution in [2.24, 2.45) is 45.2 Å². The summed E-state index contributed by atoms with van der Waals surface area (Å²) in [6.45, 7) is 8.81. The number of benzene rings is 1. The van der Waals surface area contributed by atoms with Gasteiger partial charge in [0.25, 0.3) is 5.60 Å². The molecule has 0 radical (unpaired) electrons. The van der Waals surface area contributed by atoms with Gasteiger partial charge in [0.2, 0.25) is 5.78 Å². The minimum absolute atomic E-state index is 0.0257. The number of ether oxygens (including phenoxy) is 2. The van der Waals surface area contributed by atoms with Crippen LogP contribution in [-0.4, -0.2) is 110 Å². The van der Waals surface area contributed by atoms with Crippen LogP contribution in [0.2, 0.25) is 0 Å². The molecule has 2 saturated carbocycles. The summed E-state index contributed by atoms with van der Waals surface area (Å²) in [5, 5.41) is 36.6. The first-order chi connectivity index (χ1) is 39.2. The highest BCUT2D eigenvalue weighted by atomic mass is 16.7. The molecule has 1 aromatic rings. The number of rotatable bonds is 12. The Balaban J connectivity index is 0.989. The van der Waals surface area contributed by atoms with Crippen LogP contribution in [0.4, 0.5) is 0 Å². The largest absolute Gasteiger partial charge is 0.459 e. The van der Waals surface area contributed by atoms with Crippen LogP contribution in [0.3, 0.4) is 0 Å². The molecule has 0 aromatic heterocycles. The smallest absolute Gasteiger partial charge is 0.350 e. The molecule has 1 spiro atoms. The maximum absolute atomic E-state index is 16.4. The molecule has 2 saturated heterocycles. The maximum atomic E-state index is 16.4. The Morgan fingerprint density at radius 3 is 2.62 bits per heavy atom. The third-order valence-corrected chi connectivity index (χ3v) is 22.0. The van der Waals surface area contributed by atoms with Crippen molar-refractivity contribution < 1.29 is 29.0 Å². The average Bonchev–Trinajstić information content (AvgIpc) is 2.45. The zero-order valence-electron chi connectivity index (χ0n) is 48.9. The number of dihydropyridines is 2. The number of carbonyl (C=O) groups is 3. The van der Waals surface area contributed by atoms with Crippen molar-refractivity contribution >= 4 is 23.5 Å². The van der Waals surface area contributed by atoms with Crippen LogP contribution in [0.5, 0.6) is 0 Å². The normalized spacial score (nSPS) is 38.5. The van der Waals surface area contributed by atoms with Gasteiger partial charge in [0.05, 0.1) is 17.9 Å². The lowest BCUT2D eigenvalue weighted by molar-refractivity contribution is -0.167. The van der Waals surface area contributed by atoms with E-state index < -0.39 is 45.6 Å². The number of epoxide rings is 1. The summed E-state index contributed by atoms with van der Waals surface area (Å²) in [4.78, 5) is 53.6. The van der Waals surface area contributed by atoms with Gasteiger partial charge in [0, 0.05) is 67.4 Å². The Morgan fingerprint density at radius 1 is 1.00 bits per heavy atom. The number of esters is 1. The second kappa shape index (κ2) is 22.0. The Bertz CT molecular complexity index is 2930. The van der Waals surface area contributed by atoms with Gasteiger partial charge in [-0.15, -0.1) is 0 Å². The predicted octanol–water partition coefficient (Wildman–Crippen LogP) is 7.87. The molecular weight excluding hydrogens is 1010 g/mol. The summed E-state index contributed by atoms with van der Waals surface area (Å²) in [6, 6.07) is 5.69. The molecule has 15 heteroatoms. The van der Waals surface area contributed by atoms with Gasteiger partial charge in [0.1, 0.15) is 11.9 Å². The van der Waals surface area contributed by atoms with Crippen LogP contribution < -0.4 is 43.0 Å². The molecule has 436 valence electrons. The molecule has 12 atom stereocenters. The minimum Gasteiger partial charge on any atom is -0.459 e. The van der Waals surface area contributed by atoms with E-state index in [0.717, 1.165) is 151 Å². The van der Waals surface area contributed by atoms with E-state index in [9.17, 15) is 5.11 Å². The number of ketones is 2. The van der Waals surface area contributed by atoms with Gasteiger partial charge in [0.15, 0.2) is 17.3 Å². The summed E-state index contributed by atoms with van der Waals surface area (Å²) in [5.74, 6) is 0.665. The molecule has 81 heavy (non-hydrogen) atoms. The lowest BCUT2D eigenvalue weighted by atomic mass is 9.56. The first kappa shape index (κ1) is 56.2. The zero-order chi connectivity index (χ0) is 56.4. The molecule has 10 N–H and O–H groups in total. The van der Waals surface area contributed by atoms with E-state index >= 15 is 14.4 Å². The molecule has 1 aromatic carbocycles. The number of carbonyl (C=O) groups excluding carboxylic acids is 3. The molecule has 0 amide bonds. The molecule has 1 unspecified atom stereocenters. The summed E-state index contributed by atoms with van der Waals surface area (Å²) in [6.07, 6.45) is 33.8. The third-order valence-electron chi connectivity index (χ3n) is 22.0. The Kier molecular flexibility index (Phi) is 15.3. The quantitative estimate of drug-likeness (QED) is 0.0422. The zero-order valence-corrected chi connectivity index (χ0v) is 48.9. The van der Waals surface area contributed by atoms with Gasteiger partial charge in [-0.3, -0.25) is 14.6 Å². The van der Waals surface area contributed by atoms with Crippen LogP contribution >= 0.6 is 0 Å². The first-order valence-electron chi connectivity index (χ1n) is 31.3. The van der Waals surface area contributed by atoms with E-state index in [-0.39, 0.29) is 59.9 Å². The van der Waals surface area contributed by atoms with Gasteiger partial charge in [-0.2, -0.15) is 0 Å². The minimum atomic E-state index is -2.21. The lowest BCUT2D eigenvalue weighted by Crippen LogP contribution is -2.63. The number of aliphatic imine (C=N–C) groups is 1. The highest BCUT2D eigenvalue weighted by molar-refractivity contribution is 6.33. The van der Waals surface area contributed by atoms with Crippen LogP contribution in [0.1, 0.15) is 169 Å². The summed E-state index contributed by atoms with van der Waals surface area (Å²) in [5.41, 5.74) is 7.95. The van der Waals surface area contributed by atoms with Crippen molar-refractivity contribution in [1.29, 1.82) is 0 Å². The van der Waals surface area contributed by atoms with Crippen LogP contribution in [-0.2, 0) is 20.7 Å². The molecule has 11 aliphatic rings. The topological polar surface area (TPSA) is 216 Å². The Morgan fingerprint density at radius 2 is 1.84 bits per heavy atom. The summed E-state index contributed by atoms with van der Waals surface area (Å²) in [7, 11) is 3.84. The fourth-order valence-corrected chi connectivity index (χ4v) is 18.0. The van der Waals surface area contributed by atoms with Crippen molar-refractivity contribution in [3.63, 3.8) is 0 Å². The Hall–Kier alpha value is -5.32. The Labute approximate surface area is 480 Å². The number of nitrogens with zero attached hydrogens (tertiary/aromatic N) is 1. The summed E-state index contributed by atoms with van der Waals surface area (Å²) >= 11 is 0. The average molecular weight is 1110 g/mol. The maximum Gasteiger partial charge on any atom is 0.350 e. The van der Waals surface area contributed by atoms with Crippen LogP contribution in [0.25, 0.3) is 0 Å². The second-order valence-corrected chi connectivity index (χ2v) is 26.4. The van der Waals surface area contributed by atoms with Crippen LogP contribution in [0.15, 0.2) is 106 Å². The molecule has 15 nitrogen and oxygen atoms in total. The molecule has 6 heterocycles. The van der Waals surface area contributed by atoms with Crippen LogP contribution in [0, 0.1) is 34.5 Å². The number of Topliss-reactive ketones (excluding diaryl/α,β-unsaturated/α-hetero) is 2. The molecule has 5 aliphatic carbocycles. The number of nitrogens with two attached hydrogens (primary N) is 1. The lowest BCUT2D eigenvalue weighted by Gasteiger charge is -2.55. The monoisotopic (exact) mass is 1110 g/mol. The molecule has 4 fully saturated rings. The number of nitrogens with one attached hydrogen (secondary N) is 7. The third kappa shape index (κ3) is 9.33. The standard InChI is InChI=1S/C66H91N9O6/c1-6-73-63-31-24-44(26-35-76)55-51(63)36-49-43(15-11-16-45(49)39-63)14-7-8-27-61(3,37-42-19-21-52(67)72-40-42)38-46-17-12-18-48-54(46)57(78)66(59(79)80-55)65(81-66,56(48)77)32-23-41(2)62(28-9-10-29-62)64(30-13-33-71-60(69-5)75-64)50-25-34-70-58-47(50)20-22-53(68-4)74-58/h11-12,16-19,21,23,25,39-40,43-44,49,51-53,55,68,70,72-74,76H,6-10,13-15,20,22,24,26-38,67H2,1-5H3,(H2,69,71,75)/b41-23+/t43-,44-,49+,51+,52?,53+,55+,61+,63+,64-,65-,66-/m0/s1. The fourth-order valence-electron chi connectivity index (χ4n) is 18.0. The van der Waals surface area contributed by atoms with E-state index in [1.54, 1.807) is 6.07 Å².